The third-order valence-corrected chi connectivity index (χ3v) is 4.02. The fourth-order valence-electron chi connectivity index (χ4n) is 2.87. The van der Waals surface area contributed by atoms with Gasteiger partial charge in [0.25, 0.3) is 0 Å². The fourth-order valence-corrected chi connectivity index (χ4v) is 2.87. The van der Waals surface area contributed by atoms with Crippen LogP contribution in [-0.4, -0.2) is 38.2 Å². The molecule has 1 aliphatic carbocycles. The van der Waals surface area contributed by atoms with E-state index < -0.39 is 0 Å². The van der Waals surface area contributed by atoms with Gasteiger partial charge in [0, 0.05) is 31.9 Å². The molecule has 1 aromatic heterocycles. The molecular weight excluding hydrogens is 214 g/mol. The van der Waals surface area contributed by atoms with Crippen molar-refractivity contribution in [2.45, 2.75) is 44.9 Å². The SMILES string of the molecule is CC(C)n1cncc1CN1CC(O)(C2CC2)C1. The Morgan fingerprint density at radius 2 is 2.18 bits per heavy atom. The zero-order chi connectivity index (χ0) is 12.0. The molecule has 0 radical (unpaired) electrons. The van der Waals surface area contributed by atoms with E-state index in [1.165, 1.54) is 18.5 Å². The molecule has 1 aromatic rings. The number of hydrogen-bond acceptors (Lipinski definition) is 3. The van der Waals surface area contributed by atoms with Crippen LogP contribution in [0.2, 0.25) is 0 Å². The van der Waals surface area contributed by atoms with Crippen molar-refractivity contribution in [3.05, 3.63) is 18.2 Å². The first-order valence-electron chi connectivity index (χ1n) is 6.54. The van der Waals surface area contributed by atoms with Crippen LogP contribution < -0.4 is 0 Å². The fraction of sp³-hybridized carbons (Fsp3) is 0.769. The Kier molecular flexibility index (Phi) is 2.52. The molecule has 1 aliphatic heterocycles. The molecule has 0 spiro atoms. The second-order valence-corrected chi connectivity index (χ2v) is 5.91. The van der Waals surface area contributed by atoms with Crippen LogP contribution in [0.25, 0.3) is 0 Å². The van der Waals surface area contributed by atoms with Crippen molar-refractivity contribution < 1.29 is 5.11 Å². The highest BCUT2D eigenvalue weighted by molar-refractivity contribution is 5.08. The van der Waals surface area contributed by atoms with Gasteiger partial charge in [-0.2, -0.15) is 0 Å². The van der Waals surface area contributed by atoms with Gasteiger partial charge in [-0.15, -0.1) is 0 Å². The minimum absolute atomic E-state index is 0.372. The normalized spacial score (nSPS) is 24.0. The molecule has 2 fully saturated rings. The van der Waals surface area contributed by atoms with E-state index >= 15 is 0 Å². The van der Waals surface area contributed by atoms with Crippen LogP contribution in [0.3, 0.4) is 0 Å². The number of β-amino-alcohol motifs (C(OH)–C–C–N with tert-alkyl or cyclic N) is 1. The summed E-state index contributed by atoms with van der Waals surface area (Å²) in [5.74, 6) is 0.578. The molecule has 1 N–H and O–H groups in total. The summed E-state index contributed by atoms with van der Waals surface area (Å²) < 4.78 is 2.20. The van der Waals surface area contributed by atoms with Gasteiger partial charge in [-0.3, -0.25) is 4.90 Å². The molecule has 2 heterocycles. The van der Waals surface area contributed by atoms with E-state index in [-0.39, 0.29) is 5.60 Å². The number of hydrogen-bond donors (Lipinski definition) is 1. The van der Waals surface area contributed by atoms with Crippen molar-refractivity contribution in [3.63, 3.8) is 0 Å². The van der Waals surface area contributed by atoms with Gasteiger partial charge in [0.1, 0.15) is 0 Å². The van der Waals surface area contributed by atoms with Crippen LogP contribution in [0, 0.1) is 5.92 Å². The van der Waals surface area contributed by atoms with Gasteiger partial charge in [0.15, 0.2) is 0 Å². The molecular formula is C13H21N3O. The maximum Gasteiger partial charge on any atom is 0.0951 e. The predicted octanol–water partition coefficient (Wildman–Crippen LogP) is 1.42. The average Bonchev–Trinajstić information content (AvgIpc) is 2.97. The van der Waals surface area contributed by atoms with Crippen molar-refractivity contribution in [3.8, 4) is 0 Å². The van der Waals surface area contributed by atoms with Gasteiger partial charge in [0.2, 0.25) is 0 Å². The lowest BCUT2D eigenvalue weighted by atomic mass is 9.88. The minimum atomic E-state index is -0.372. The van der Waals surface area contributed by atoms with Crippen LogP contribution in [0.4, 0.5) is 0 Å². The largest absolute Gasteiger partial charge is 0.387 e. The molecule has 0 bridgehead atoms. The van der Waals surface area contributed by atoms with E-state index in [1.54, 1.807) is 0 Å². The minimum Gasteiger partial charge on any atom is -0.387 e. The number of aromatic nitrogens is 2. The summed E-state index contributed by atoms with van der Waals surface area (Å²) in [6, 6.07) is 0.455. The number of aliphatic hydroxyl groups is 1. The Labute approximate surface area is 102 Å². The average molecular weight is 235 g/mol. The van der Waals surface area contributed by atoms with E-state index in [1.807, 2.05) is 12.5 Å². The third kappa shape index (κ3) is 2.00. The third-order valence-electron chi connectivity index (χ3n) is 4.02. The molecule has 1 saturated carbocycles. The number of likely N-dealkylation sites (tertiary alicyclic amines) is 1. The number of nitrogens with zero attached hydrogens (tertiary/aromatic N) is 3. The molecule has 3 rings (SSSR count). The van der Waals surface area contributed by atoms with E-state index in [0.29, 0.717) is 12.0 Å². The molecule has 94 valence electrons. The van der Waals surface area contributed by atoms with Crippen molar-refractivity contribution in [2.75, 3.05) is 13.1 Å². The summed E-state index contributed by atoms with van der Waals surface area (Å²) in [7, 11) is 0. The van der Waals surface area contributed by atoms with Gasteiger partial charge >= 0.3 is 0 Å². The van der Waals surface area contributed by atoms with E-state index in [4.69, 9.17) is 0 Å². The second kappa shape index (κ2) is 3.82. The first kappa shape index (κ1) is 11.2. The zero-order valence-corrected chi connectivity index (χ0v) is 10.6. The highest BCUT2D eigenvalue weighted by atomic mass is 16.3. The summed E-state index contributed by atoms with van der Waals surface area (Å²) in [5.41, 5.74) is 0.876. The summed E-state index contributed by atoms with van der Waals surface area (Å²) in [5, 5.41) is 10.3. The van der Waals surface area contributed by atoms with Crippen molar-refractivity contribution in [1.82, 2.24) is 14.5 Å². The van der Waals surface area contributed by atoms with Crippen LogP contribution in [0.15, 0.2) is 12.5 Å². The summed E-state index contributed by atoms with van der Waals surface area (Å²) in [6.45, 7) is 6.92. The van der Waals surface area contributed by atoms with Gasteiger partial charge in [-0.25, -0.2) is 4.98 Å². The van der Waals surface area contributed by atoms with E-state index in [0.717, 1.165) is 19.6 Å². The maximum atomic E-state index is 10.3. The molecule has 17 heavy (non-hydrogen) atoms. The van der Waals surface area contributed by atoms with Crippen molar-refractivity contribution in [1.29, 1.82) is 0 Å². The Morgan fingerprint density at radius 3 is 2.76 bits per heavy atom. The first-order chi connectivity index (χ1) is 8.08. The van der Waals surface area contributed by atoms with Crippen LogP contribution in [-0.2, 0) is 6.54 Å². The highest BCUT2D eigenvalue weighted by Crippen LogP contribution is 2.44. The summed E-state index contributed by atoms with van der Waals surface area (Å²) in [4.78, 5) is 6.53. The van der Waals surface area contributed by atoms with Crippen LogP contribution in [0.5, 0.6) is 0 Å². The quantitative estimate of drug-likeness (QED) is 0.858. The van der Waals surface area contributed by atoms with Crippen molar-refractivity contribution >= 4 is 0 Å². The monoisotopic (exact) mass is 235 g/mol. The van der Waals surface area contributed by atoms with Gasteiger partial charge in [-0.05, 0) is 32.6 Å². The van der Waals surface area contributed by atoms with Crippen LogP contribution in [0.1, 0.15) is 38.4 Å². The Balaban J connectivity index is 1.60. The van der Waals surface area contributed by atoms with Crippen molar-refractivity contribution in [2.24, 2.45) is 5.92 Å². The molecule has 0 atom stereocenters. The van der Waals surface area contributed by atoms with Gasteiger partial charge < -0.3 is 9.67 Å². The smallest absolute Gasteiger partial charge is 0.0951 e. The Bertz CT molecular complexity index is 403. The number of rotatable bonds is 4. The Hall–Kier alpha value is -0.870. The lowest BCUT2D eigenvalue weighted by Crippen LogP contribution is -2.62. The number of imidazole rings is 1. The lowest BCUT2D eigenvalue weighted by Gasteiger charge is -2.47. The molecule has 1 saturated heterocycles. The highest BCUT2D eigenvalue weighted by Gasteiger charge is 2.51. The first-order valence-corrected chi connectivity index (χ1v) is 6.54. The molecule has 0 unspecified atom stereocenters. The summed E-state index contributed by atoms with van der Waals surface area (Å²) in [6.07, 6.45) is 6.27. The molecule has 4 heteroatoms. The molecule has 2 aliphatic rings. The molecule has 0 aromatic carbocycles. The van der Waals surface area contributed by atoms with Gasteiger partial charge in [-0.1, -0.05) is 0 Å². The lowest BCUT2D eigenvalue weighted by molar-refractivity contribution is -0.117. The van der Waals surface area contributed by atoms with E-state index in [2.05, 4.69) is 28.3 Å². The van der Waals surface area contributed by atoms with E-state index in [9.17, 15) is 5.11 Å². The topological polar surface area (TPSA) is 41.3 Å². The van der Waals surface area contributed by atoms with Crippen LogP contribution >= 0.6 is 0 Å². The second-order valence-electron chi connectivity index (χ2n) is 5.91. The van der Waals surface area contributed by atoms with Gasteiger partial charge in [0.05, 0.1) is 17.6 Å². The molecule has 0 amide bonds. The Morgan fingerprint density at radius 1 is 1.47 bits per heavy atom. The summed E-state index contributed by atoms with van der Waals surface area (Å²) >= 11 is 0. The predicted molar refractivity (Wildman–Crippen MR) is 65.6 cm³/mol. The molecule has 4 nitrogen and oxygen atoms in total. The standard InChI is InChI=1S/C13H21N3O/c1-10(2)16-9-14-5-12(16)6-15-7-13(17,8-15)11-3-4-11/h5,9-11,17H,3-4,6-8H2,1-2H3. The maximum absolute atomic E-state index is 10.3. The zero-order valence-electron chi connectivity index (χ0n) is 10.6.